The van der Waals surface area contributed by atoms with E-state index in [4.69, 9.17) is 9.57 Å². The number of benzene rings is 1. The van der Waals surface area contributed by atoms with Crippen molar-refractivity contribution >= 4 is 18.2 Å². The molecule has 12 heteroatoms. The minimum Gasteiger partial charge on any atom is -0.444 e. The van der Waals surface area contributed by atoms with Gasteiger partial charge in [0.15, 0.2) is 0 Å². The Kier molecular flexibility index (Phi) is 7.69. The summed E-state index contributed by atoms with van der Waals surface area (Å²) < 4.78 is 6.61. The van der Waals surface area contributed by atoms with E-state index in [1.165, 1.54) is 9.75 Å². The van der Waals surface area contributed by atoms with Crippen LogP contribution in [0.4, 0.5) is 14.4 Å². The Morgan fingerprint density at radius 3 is 2.57 bits per heavy atom. The molecule has 3 heterocycles. The second-order valence-corrected chi connectivity index (χ2v) is 10.4. The highest BCUT2D eigenvalue weighted by molar-refractivity contribution is 5.80. The van der Waals surface area contributed by atoms with Gasteiger partial charge in [0.2, 0.25) is 0 Å². The zero-order chi connectivity index (χ0) is 26.7. The number of alkyl carbamates (subject to hydrolysis) is 1. The molecule has 37 heavy (non-hydrogen) atoms. The first-order chi connectivity index (χ1) is 17.5. The number of ether oxygens (including phenoxy) is 1. The van der Waals surface area contributed by atoms with Gasteiger partial charge in [-0.05, 0) is 40.4 Å². The van der Waals surface area contributed by atoms with Crippen molar-refractivity contribution in [1.82, 2.24) is 35.3 Å². The fourth-order valence-electron chi connectivity index (χ4n) is 4.28. The predicted octanol–water partition coefficient (Wildman–Crippen LogP) is 2.49. The Labute approximate surface area is 216 Å². The van der Waals surface area contributed by atoms with Gasteiger partial charge in [-0.2, -0.15) is 14.8 Å². The number of carbonyl (C=O) groups excluding carboxylic acids is 3. The van der Waals surface area contributed by atoms with Gasteiger partial charge in [-0.25, -0.2) is 14.4 Å². The summed E-state index contributed by atoms with van der Waals surface area (Å²) in [6.07, 6.45) is 1.04. The molecule has 1 fully saturated rings. The second-order valence-electron chi connectivity index (χ2n) is 10.4. The Balaban J connectivity index is 1.56. The monoisotopic (exact) mass is 513 g/mol. The molecule has 0 radical (unpaired) electrons. The van der Waals surface area contributed by atoms with E-state index in [1.807, 2.05) is 49.3 Å². The molecule has 2 aromatic rings. The normalized spacial score (nSPS) is 18.7. The molecule has 1 aromatic carbocycles. The van der Waals surface area contributed by atoms with Gasteiger partial charge in [-0.1, -0.05) is 30.3 Å². The number of carbonyl (C=O) groups is 3. The predicted molar refractivity (Wildman–Crippen MR) is 134 cm³/mol. The van der Waals surface area contributed by atoms with Crippen LogP contribution in [-0.4, -0.2) is 88.7 Å². The van der Waals surface area contributed by atoms with E-state index in [2.05, 4.69) is 15.7 Å². The van der Waals surface area contributed by atoms with Crippen molar-refractivity contribution in [3.63, 3.8) is 0 Å². The van der Waals surface area contributed by atoms with Crippen LogP contribution in [0.5, 0.6) is 0 Å². The maximum absolute atomic E-state index is 13.3. The van der Waals surface area contributed by atoms with E-state index >= 15 is 0 Å². The molecule has 2 aliphatic heterocycles. The molecule has 2 bridgehead atoms. The number of fused-ring (bicyclic) bond motifs is 4. The summed E-state index contributed by atoms with van der Waals surface area (Å²) in [5.74, 6) is 0. The highest BCUT2D eigenvalue weighted by Gasteiger charge is 2.50. The summed E-state index contributed by atoms with van der Waals surface area (Å²) in [4.78, 5) is 48.0. The maximum Gasteiger partial charge on any atom is 0.407 e. The molecule has 1 saturated heterocycles. The smallest absolute Gasteiger partial charge is 0.407 e. The van der Waals surface area contributed by atoms with Crippen LogP contribution in [0.25, 0.3) is 0 Å². The highest BCUT2D eigenvalue weighted by atomic mass is 16.7. The number of hydrogen-bond acceptors (Lipinski definition) is 7. The molecular weight excluding hydrogens is 478 g/mol. The van der Waals surface area contributed by atoms with Crippen molar-refractivity contribution in [2.24, 2.45) is 0 Å². The molecule has 4 amide bonds. The lowest BCUT2D eigenvalue weighted by molar-refractivity contribution is -0.141. The van der Waals surface area contributed by atoms with Gasteiger partial charge in [0.05, 0.1) is 18.3 Å². The minimum atomic E-state index is -0.662. The molecule has 4 rings (SSSR count). The molecule has 2 atom stereocenters. The van der Waals surface area contributed by atoms with Crippen molar-refractivity contribution in [2.45, 2.75) is 45.1 Å². The van der Waals surface area contributed by atoms with Crippen LogP contribution in [0.1, 0.15) is 49.7 Å². The van der Waals surface area contributed by atoms with E-state index in [0.717, 1.165) is 5.56 Å². The van der Waals surface area contributed by atoms with Crippen LogP contribution in [0.3, 0.4) is 0 Å². The SMILES string of the molecule is CN(C)CCNC(=O)n1cc2c(n1)[C@@H](CNC(=O)OC(C)(C)C)N1C[C@H]2N(OCc2ccccc2)C1=O. The number of rotatable bonds is 8. The van der Waals surface area contributed by atoms with Gasteiger partial charge < -0.3 is 25.2 Å². The van der Waals surface area contributed by atoms with Gasteiger partial charge >= 0.3 is 18.2 Å². The van der Waals surface area contributed by atoms with Crippen molar-refractivity contribution in [1.29, 1.82) is 0 Å². The lowest BCUT2D eigenvalue weighted by atomic mass is 9.98. The van der Waals surface area contributed by atoms with Crippen LogP contribution < -0.4 is 10.6 Å². The minimum absolute atomic E-state index is 0.0756. The van der Waals surface area contributed by atoms with Gasteiger partial charge in [0, 0.05) is 31.4 Å². The number of hydroxylamine groups is 2. The number of likely N-dealkylation sites (N-methyl/N-ethyl adjacent to an activating group) is 1. The molecule has 0 aliphatic carbocycles. The molecule has 12 nitrogen and oxygen atoms in total. The molecule has 0 spiro atoms. The van der Waals surface area contributed by atoms with Crippen molar-refractivity contribution in [2.75, 3.05) is 40.3 Å². The Hall–Kier alpha value is -3.64. The van der Waals surface area contributed by atoms with E-state index in [1.54, 1.807) is 31.9 Å². The summed E-state index contributed by atoms with van der Waals surface area (Å²) >= 11 is 0. The molecule has 0 unspecified atom stereocenters. The van der Waals surface area contributed by atoms with E-state index in [0.29, 0.717) is 30.9 Å². The van der Waals surface area contributed by atoms with Gasteiger partial charge in [-0.15, -0.1) is 0 Å². The molecular formula is C25H35N7O5. The summed E-state index contributed by atoms with van der Waals surface area (Å²) in [6.45, 7) is 7.10. The molecule has 1 aromatic heterocycles. The molecule has 2 N–H and O–H groups in total. The molecule has 200 valence electrons. The lowest BCUT2D eigenvalue weighted by Crippen LogP contribution is -2.42. The van der Waals surface area contributed by atoms with Crippen molar-refractivity contribution in [3.05, 3.63) is 53.3 Å². The van der Waals surface area contributed by atoms with Crippen LogP contribution in [0.2, 0.25) is 0 Å². The summed E-state index contributed by atoms with van der Waals surface area (Å²) in [7, 11) is 3.85. The summed E-state index contributed by atoms with van der Waals surface area (Å²) in [5, 5.41) is 11.5. The van der Waals surface area contributed by atoms with Gasteiger partial charge in [0.1, 0.15) is 18.2 Å². The second kappa shape index (κ2) is 10.8. The first-order valence-corrected chi connectivity index (χ1v) is 12.3. The number of nitrogens with one attached hydrogen (secondary N) is 2. The fourth-order valence-corrected chi connectivity index (χ4v) is 4.28. The largest absolute Gasteiger partial charge is 0.444 e. The summed E-state index contributed by atoms with van der Waals surface area (Å²) in [5.41, 5.74) is 1.50. The highest BCUT2D eigenvalue weighted by Crippen LogP contribution is 2.43. The zero-order valence-electron chi connectivity index (χ0n) is 21.9. The quantitative estimate of drug-likeness (QED) is 0.556. The Morgan fingerprint density at radius 2 is 1.89 bits per heavy atom. The van der Waals surface area contributed by atoms with Crippen LogP contribution >= 0.6 is 0 Å². The van der Waals surface area contributed by atoms with Gasteiger partial charge in [0.25, 0.3) is 0 Å². The van der Waals surface area contributed by atoms with E-state index in [-0.39, 0.29) is 25.2 Å². The van der Waals surface area contributed by atoms with Crippen LogP contribution in [0, 0.1) is 0 Å². The van der Waals surface area contributed by atoms with Crippen molar-refractivity contribution < 1.29 is 24.0 Å². The topological polar surface area (TPSA) is 121 Å². The Bertz CT molecular complexity index is 1130. The first kappa shape index (κ1) is 26.4. The average Bonchev–Trinajstić information content (AvgIpc) is 3.38. The average molecular weight is 514 g/mol. The molecule has 0 saturated carbocycles. The van der Waals surface area contributed by atoms with Gasteiger partial charge in [-0.3, -0.25) is 4.84 Å². The first-order valence-electron chi connectivity index (χ1n) is 12.3. The third-order valence-electron chi connectivity index (χ3n) is 6.01. The van der Waals surface area contributed by atoms with Crippen LogP contribution in [-0.2, 0) is 16.2 Å². The number of amides is 4. The zero-order valence-corrected chi connectivity index (χ0v) is 21.9. The number of nitrogens with zero attached hydrogens (tertiary/aromatic N) is 5. The van der Waals surface area contributed by atoms with E-state index in [9.17, 15) is 14.4 Å². The Morgan fingerprint density at radius 1 is 1.16 bits per heavy atom. The fraction of sp³-hybridized carbons (Fsp3) is 0.520. The lowest BCUT2D eigenvalue weighted by Gasteiger charge is -2.30. The molecule has 2 aliphatic rings. The summed E-state index contributed by atoms with van der Waals surface area (Å²) in [6, 6.07) is 7.84. The number of urea groups is 1. The van der Waals surface area contributed by atoms with Crippen LogP contribution in [0.15, 0.2) is 36.5 Å². The third kappa shape index (κ3) is 6.20. The standard InChI is InChI=1S/C25H35N7O5/c1-25(2,3)37-23(34)27-13-19-21-18(14-31(28-21)22(33)26-11-12-29(4)5)20-15-30(19)24(35)32(20)36-16-17-9-7-6-8-10-17/h6-10,14,19-20H,11-13,15-16H2,1-5H3,(H,26,33)(H,27,34)/t19-,20-/m1/s1. The third-order valence-corrected chi connectivity index (χ3v) is 6.01. The number of hydrogen-bond donors (Lipinski definition) is 2. The van der Waals surface area contributed by atoms with E-state index < -0.39 is 23.8 Å². The van der Waals surface area contributed by atoms with Crippen molar-refractivity contribution in [3.8, 4) is 0 Å². The number of aromatic nitrogens is 2. The maximum atomic E-state index is 13.3.